The van der Waals surface area contributed by atoms with Crippen molar-refractivity contribution in [1.82, 2.24) is 20.4 Å². The van der Waals surface area contributed by atoms with Gasteiger partial charge >= 0.3 is 0 Å². The summed E-state index contributed by atoms with van der Waals surface area (Å²) >= 11 is 0. The molecular weight excluding hydrogens is 356 g/mol. The molecule has 1 atom stereocenters. The van der Waals surface area contributed by atoms with E-state index in [0.29, 0.717) is 13.2 Å². The number of H-pyrrole nitrogens is 1. The van der Waals surface area contributed by atoms with Crippen LogP contribution in [-0.2, 0) is 17.7 Å². The van der Waals surface area contributed by atoms with Crippen molar-refractivity contribution in [3.8, 4) is 5.75 Å². The molecule has 1 unspecified atom stereocenters. The molecule has 3 rings (SSSR count). The third-order valence-electron chi connectivity index (χ3n) is 5.08. The second-order valence-corrected chi connectivity index (χ2v) is 7.36. The van der Waals surface area contributed by atoms with Crippen molar-refractivity contribution in [2.24, 2.45) is 0 Å². The number of rotatable bonds is 10. The molecule has 2 aromatic rings. The molecular formula is C21H32N4O3. The fourth-order valence-corrected chi connectivity index (χ4v) is 3.46. The molecule has 1 aliphatic rings. The molecule has 0 amide bonds. The second kappa shape index (κ2) is 10.6. The van der Waals surface area contributed by atoms with E-state index < -0.39 is 6.10 Å². The van der Waals surface area contributed by atoms with Gasteiger partial charge in [0.1, 0.15) is 18.5 Å². The summed E-state index contributed by atoms with van der Waals surface area (Å²) in [5.74, 6) is 0.793. The van der Waals surface area contributed by atoms with Crippen LogP contribution < -0.4 is 10.1 Å². The molecule has 1 fully saturated rings. The first kappa shape index (κ1) is 20.8. The third-order valence-corrected chi connectivity index (χ3v) is 5.08. The van der Waals surface area contributed by atoms with E-state index in [-0.39, 0.29) is 0 Å². The molecule has 28 heavy (non-hydrogen) atoms. The van der Waals surface area contributed by atoms with Crippen molar-refractivity contribution in [2.45, 2.75) is 32.9 Å². The Morgan fingerprint density at radius 3 is 2.89 bits per heavy atom. The van der Waals surface area contributed by atoms with Gasteiger partial charge in [0.05, 0.1) is 18.9 Å². The van der Waals surface area contributed by atoms with Gasteiger partial charge in [-0.25, -0.2) is 0 Å². The van der Waals surface area contributed by atoms with Gasteiger partial charge in [-0.3, -0.25) is 10.00 Å². The Hall–Kier alpha value is -1.93. The Morgan fingerprint density at radius 2 is 2.14 bits per heavy atom. The first-order chi connectivity index (χ1) is 13.6. The monoisotopic (exact) mass is 388 g/mol. The number of aliphatic hydroxyl groups excluding tert-OH is 1. The van der Waals surface area contributed by atoms with Crippen LogP contribution in [0.3, 0.4) is 0 Å². The number of aromatic amines is 1. The second-order valence-electron chi connectivity index (χ2n) is 7.36. The normalized spacial score (nSPS) is 16.2. The molecule has 3 N–H and O–H groups in total. The van der Waals surface area contributed by atoms with E-state index in [0.717, 1.165) is 63.0 Å². The largest absolute Gasteiger partial charge is 0.491 e. The zero-order valence-corrected chi connectivity index (χ0v) is 16.9. The number of nitrogens with zero attached hydrogens (tertiary/aromatic N) is 2. The number of benzene rings is 1. The Labute approximate surface area is 167 Å². The summed E-state index contributed by atoms with van der Waals surface area (Å²) in [7, 11) is 0. The Morgan fingerprint density at radius 1 is 1.32 bits per heavy atom. The van der Waals surface area contributed by atoms with Gasteiger partial charge in [0, 0.05) is 31.9 Å². The molecule has 2 heterocycles. The molecule has 7 heteroatoms. The maximum atomic E-state index is 10.2. The van der Waals surface area contributed by atoms with Gasteiger partial charge in [-0.2, -0.15) is 5.10 Å². The van der Waals surface area contributed by atoms with Gasteiger partial charge in [0.2, 0.25) is 0 Å². The molecule has 0 spiro atoms. The molecule has 0 aliphatic carbocycles. The minimum absolute atomic E-state index is 0.299. The summed E-state index contributed by atoms with van der Waals surface area (Å²) < 4.78 is 11.1. The van der Waals surface area contributed by atoms with E-state index >= 15 is 0 Å². The predicted molar refractivity (Wildman–Crippen MR) is 109 cm³/mol. The number of aromatic nitrogens is 2. The number of nitrogens with one attached hydrogen (secondary N) is 2. The number of aliphatic hydroxyl groups is 1. The zero-order valence-electron chi connectivity index (χ0n) is 16.9. The van der Waals surface area contributed by atoms with Crippen molar-refractivity contribution in [1.29, 1.82) is 0 Å². The maximum Gasteiger partial charge on any atom is 0.119 e. The van der Waals surface area contributed by atoms with Crippen LogP contribution in [0.5, 0.6) is 5.75 Å². The zero-order chi connectivity index (χ0) is 19.8. The highest BCUT2D eigenvalue weighted by molar-refractivity contribution is 5.28. The Bertz CT molecular complexity index is 709. The minimum atomic E-state index is -0.499. The molecule has 7 nitrogen and oxygen atoms in total. The van der Waals surface area contributed by atoms with Gasteiger partial charge in [-0.1, -0.05) is 12.1 Å². The van der Waals surface area contributed by atoms with E-state index in [1.54, 1.807) is 0 Å². The summed E-state index contributed by atoms with van der Waals surface area (Å²) in [4.78, 5) is 2.21. The van der Waals surface area contributed by atoms with E-state index in [4.69, 9.17) is 9.47 Å². The van der Waals surface area contributed by atoms with Gasteiger partial charge in [0.15, 0.2) is 0 Å². The van der Waals surface area contributed by atoms with Crippen LogP contribution in [0.4, 0.5) is 0 Å². The summed E-state index contributed by atoms with van der Waals surface area (Å²) in [6.07, 6.45) is 0.458. The number of aryl methyl sites for hydroxylation is 2. The van der Waals surface area contributed by atoms with Gasteiger partial charge in [-0.05, 0) is 50.1 Å². The number of hydrogen-bond donors (Lipinski definition) is 3. The van der Waals surface area contributed by atoms with Crippen molar-refractivity contribution >= 4 is 0 Å². The molecule has 1 aromatic carbocycles. The van der Waals surface area contributed by atoms with Crippen LogP contribution in [0.2, 0.25) is 0 Å². The first-order valence-electron chi connectivity index (χ1n) is 10.0. The topological polar surface area (TPSA) is 82.6 Å². The third kappa shape index (κ3) is 6.31. The molecule has 1 aromatic heterocycles. The highest BCUT2D eigenvalue weighted by Gasteiger charge is 2.15. The molecule has 0 bridgehead atoms. The maximum absolute atomic E-state index is 10.2. The van der Waals surface area contributed by atoms with Crippen LogP contribution in [0.25, 0.3) is 0 Å². The number of morpholine rings is 1. The van der Waals surface area contributed by atoms with Crippen LogP contribution in [0.15, 0.2) is 24.3 Å². The van der Waals surface area contributed by atoms with Crippen molar-refractivity contribution in [2.75, 3.05) is 46.0 Å². The van der Waals surface area contributed by atoms with Crippen molar-refractivity contribution in [3.05, 3.63) is 46.8 Å². The van der Waals surface area contributed by atoms with Gasteiger partial charge < -0.3 is 19.9 Å². The van der Waals surface area contributed by atoms with E-state index in [1.165, 1.54) is 11.1 Å². The number of β-amino-alcohol motifs (C(OH)–C–C–N with tert-alkyl or cyclic N) is 1. The Balaban J connectivity index is 1.38. The highest BCUT2D eigenvalue weighted by atomic mass is 16.5. The van der Waals surface area contributed by atoms with Crippen LogP contribution in [-0.4, -0.2) is 72.3 Å². The van der Waals surface area contributed by atoms with Crippen LogP contribution >= 0.6 is 0 Å². The molecule has 1 saturated heterocycles. The lowest BCUT2D eigenvalue weighted by molar-refractivity contribution is 0.00465. The van der Waals surface area contributed by atoms with Gasteiger partial charge in [-0.15, -0.1) is 0 Å². The standard InChI is InChI=1S/C21H32N4O3/c1-16-21(17(2)24-23-16)6-7-22-13-18-4-3-5-20(12-18)28-15-19(26)14-25-8-10-27-11-9-25/h3-5,12,19,22,26H,6-11,13-15H2,1-2H3,(H,23,24). The highest BCUT2D eigenvalue weighted by Crippen LogP contribution is 2.14. The first-order valence-corrected chi connectivity index (χ1v) is 10.0. The smallest absolute Gasteiger partial charge is 0.119 e. The lowest BCUT2D eigenvalue weighted by atomic mass is 10.1. The molecule has 1 aliphatic heterocycles. The number of ether oxygens (including phenoxy) is 2. The predicted octanol–water partition coefficient (Wildman–Crippen LogP) is 1.43. The molecule has 154 valence electrons. The van der Waals surface area contributed by atoms with E-state index in [2.05, 4.69) is 33.4 Å². The number of hydrogen-bond acceptors (Lipinski definition) is 6. The summed E-state index contributed by atoms with van der Waals surface area (Å²) in [6, 6.07) is 8.04. The fourth-order valence-electron chi connectivity index (χ4n) is 3.46. The Kier molecular flexibility index (Phi) is 7.85. The molecule has 0 saturated carbocycles. The SMILES string of the molecule is Cc1n[nH]c(C)c1CCNCc1cccc(OCC(O)CN2CCOCC2)c1. The lowest BCUT2D eigenvalue weighted by Crippen LogP contribution is -2.42. The average Bonchev–Trinajstić information content (AvgIpc) is 3.02. The quantitative estimate of drug-likeness (QED) is 0.534. The van der Waals surface area contributed by atoms with Crippen LogP contribution in [0.1, 0.15) is 22.5 Å². The average molecular weight is 389 g/mol. The van der Waals surface area contributed by atoms with E-state index in [9.17, 15) is 5.11 Å². The molecule has 0 radical (unpaired) electrons. The fraction of sp³-hybridized carbons (Fsp3) is 0.571. The summed E-state index contributed by atoms with van der Waals surface area (Å²) in [6.45, 7) is 9.91. The van der Waals surface area contributed by atoms with E-state index in [1.807, 2.05) is 25.1 Å². The summed E-state index contributed by atoms with van der Waals surface area (Å²) in [5.41, 5.74) is 4.68. The van der Waals surface area contributed by atoms with Crippen molar-refractivity contribution < 1.29 is 14.6 Å². The summed E-state index contributed by atoms with van der Waals surface area (Å²) in [5, 5.41) is 21.0. The van der Waals surface area contributed by atoms with Gasteiger partial charge in [0.25, 0.3) is 0 Å². The van der Waals surface area contributed by atoms with Crippen molar-refractivity contribution in [3.63, 3.8) is 0 Å². The lowest BCUT2D eigenvalue weighted by Gasteiger charge is -2.28. The minimum Gasteiger partial charge on any atom is -0.491 e. The van der Waals surface area contributed by atoms with Crippen LogP contribution in [0, 0.1) is 13.8 Å².